The SMILES string of the molecule is CC(C)C[C@H](NCCCc1cccnc1)C(=O)O. The quantitative estimate of drug-likeness (QED) is 0.694. The molecular weight excluding hydrogens is 228 g/mol. The van der Waals surface area contributed by atoms with Gasteiger partial charge in [0.15, 0.2) is 0 Å². The summed E-state index contributed by atoms with van der Waals surface area (Å²) in [6.45, 7) is 4.79. The lowest BCUT2D eigenvalue weighted by atomic mass is 10.0. The van der Waals surface area contributed by atoms with Crippen molar-refractivity contribution in [2.45, 2.75) is 39.2 Å². The van der Waals surface area contributed by atoms with Crippen molar-refractivity contribution in [1.29, 1.82) is 0 Å². The van der Waals surface area contributed by atoms with Crippen LogP contribution >= 0.6 is 0 Å². The van der Waals surface area contributed by atoms with Crippen LogP contribution < -0.4 is 5.32 Å². The third kappa shape index (κ3) is 5.77. The van der Waals surface area contributed by atoms with Crippen LogP contribution in [0.5, 0.6) is 0 Å². The summed E-state index contributed by atoms with van der Waals surface area (Å²) in [5.41, 5.74) is 1.19. The van der Waals surface area contributed by atoms with E-state index in [2.05, 4.69) is 10.3 Å². The summed E-state index contributed by atoms with van der Waals surface area (Å²) in [6, 6.07) is 3.52. The van der Waals surface area contributed by atoms with Crippen molar-refractivity contribution in [2.75, 3.05) is 6.54 Å². The molecule has 0 amide bonds. The first-order valence-corrected chi connectivity index (χ1v) is 6.44. The molecule has 0 spiro atoms. The normalized spacial score (nSPS) is 12.6. The van der Waals surface area contributed by atoms with Crippen molar-refractivity contribution in [1.82, 2.24) is 10.3 Å². The van der Waals surface area contributed by atoms with E-state index >= 15 is 0 Å². The van der Waals surface area contributed by atoms with Gasteiger partial charge in [-0.1, -0.05) is 19.9 Å². The van der Waals surface area contributed by atoms with Gasteiger partial charge in [0, 0.05) is 12.4 Å². The number of hydrogen-bond acceptors (Lipinski definition) is 3. The first kappa shape index (κ1) is 14.6. The number of aromatic nitrogens is 1. The molecule has 0 saturated heterocycles. The van der Waals surface area contributed by atoms with Gasteiger partial charge in [-0.2, -0.15) is 0 Å². The molecule has 2 N–H and O–H groups in total. The second kappa shape index (κ2) is 7.82. The molecule has 0 fully saturated rings. The number of hydrogen-bond donors (Lipinski definition) is 2. The molecule has 0 saturated carbocycles. The second-order valence-corrected chi connectivity index (χ2v) is 4.94. The van der Waals surface area contributed by atoms with Crippen molar-refractivity contribution in [3.63, 3.8) is 0 Å². The molecule has 0 radical (unpaired) electrons. The minimum atomic E-state index is -0.759. The molecule has 0 aromatic carbocycles. The Morgan fingerprint density at radius 1 is 1.50 bits per heavy atom. The van der Waals surface area contributed by atoms with Gasteiger partial charge in [-0.15, -0.1) is 0 Å². The number of carboxylic acids is 1. The van der Waals surface area contributed by atoms with Crippen molar-refractivity contribution in [2.24, 2.45) is 5.92 Å². The summed E-state index contributed by atoms with van der Waals surface area (Å²) in [7, 11) is 0. The Morgan fingerprint density at radius 2 is 2.28 bits per heavy atom. The predicted molar refractivity (Wildman–Crippen MR) is 71.4 cm³/mol. The van der Waals surface area contributed by atoms with Gasteiger partial charge in [-0.25, -0.2) is 0 Å². The number of nitrogens with zero attached hydrogens (tertiary/aromatic N) is 1. The highest BCUT2D eigenvalue weighted by molar-refractivity contribution is 5.73. The van der Waals surface area contributed by atoms with Crippen molar-refractivity contribution in [3.8, 4) is 0 Å². The Labute approximate surface area is 108 Å². The molecule has 100 valence electrons. The van der Waals surface area contributed by atoms with Crippen molar-refractivity contribution >= 4 is 5.97 Å². The van der Waals surface area contributed by atoms with Gasteiger partial charge in [0.1, 0.15) is 6.04 Å². The predicted octanol–water partition coefficient (Wildman–Crippen LogP) is 2.10. The molecule has 1 aromatic rings. The maximum Gasteiger partial charge on any atom is 0.320 e. The van der Waals surface area contributed by atoms with Gasteiger partial charge in [-0.05, 0) is 43.4 Å². The van der Waals surface area contributed by atoms with E-state index in [-0.39, 0.29) is 0 Å². The van der Waals surface area contributed by atoms with Gasteiger partial charge in [0.25, 0.3) is 0 Å². The van der Waals surface area contributed by atoms with Crippen LogP contribution in [0.4, 0.5) is 0 Å². The Bertz CT molecular complexity index is 352. The topological polar surface area (TPSA) is 62.2 Å². The fraction of sp³-hybridized carbons (Fsp3) is 0.571. The number of aliphatic carboxylic acids is 1. The standard InChI is InChI=1S/C14H22N2O2/c1-11(2)9-13(14(17)18)16-8-4-6-12-5-3-7-15-10-12/h3,5,7,10-11,13,16H,4,6,8-9H2,1-2H3,(H,17,18)/t13-/m0/s1. The van der Waals surface area contributed by atoms with E-state index in [9.17, 15) is 4.79 Å². The summed E-state index contributed by atoms with van der Waals surface area (Å²) in [5.74, 6) is -0.373. The van der Waals surface area contributed by atoms with Crippen molar-refractivity contribution < 1.29 is 9.90 Å². The van der Waals surface area contributed by atoms with Crippen LogP contribution in [-0.4, -0.2) is 28.6 Å². The van der Waals surface area contributed by atoms with E-state index in [1.165, 1.54) is 5.56 Å². The van der Waals surface area contributed by atoms with Crippen LogP contribution in [0.25, 0.3) is 0 Å². The summed E-state index contributed by atoms with van der Waals surface area (Å²) < 4.78 is 0. The van der Waals surface area contributed by atoms with Gasteiger partial charge in [0.05, 0.1) is 0 Å². The number of pyridine rings is 1. The van der Waals surface area contributed by atoms with Gasteiger partial charge in [0.2, 0.25) is 0 Å². The van der Waals surface area contributed by atoms with E-state index < -0.39 is 12.0 Å². The molecule has 4 heteroatoms. The maximum absolute atomic E-state index is 11.0. The van der Waals surface area contributed by atoms with Crippen LogP contribution in [0.2, 0.25) is 0 Å². The number of nitrogens with one attached hydrogen (secondary N) is 1. The second-order valence-electron chi connectivity index (χ2n) is 4.94. The van der Waals surface area contributed by atoms with Gasteiger partial charge in [-0.3, -0.25) is 9.78 Å². The maximum atomic E-state index is 11.0. The lowest BCUT2D eigenvalue weighted by Gasteiger charge is -2.16. The van der Waals surface area contributed by atoms with E-state index in [0.29, 0.717) is 12.3 Å². The molecular formula is C14H22N2O2. The smallest absolute Gasteiger partial charge is 0.320 e. The Hall–Kier alpha value is -1.42. The first-order chi connectivity index (χ1) is 8.59. The molecule has 1 heterocycles. The van der Waals surface area contributed by atoms with Crippen LogP contribution in [0, 0.1) is 5.92 Å². The zero-order valence-corrected chi connectivity index (χ0v) is 11.1. The zero-order chi connectivity index (χ0) is 13.4. The summed E-state index contributed by atoms with van der Waals surface area (Å²) >= 11 is 0. The first-order valence-electron chi connectivity index (χ1n) is 6.44. The highest BCUT2D eigenvalue weighted by Crippen LogP contribution is 2.05. The van der Waals surface area contributed by atoms with E-state index in [0.717, 1.165) is 19.4 Å². The highest BCUT2D eigenvalue weighted by Gasteiger charge is 2.17. The number of rotatable bonds is 8. The number of aryl methyl sites for hydroxylation is 1. The van der Waals surface area contributed by atoms with Crippen LogP contribution in [-0.2, 0) is 11.2 Å². The van der Waals surface area contributed by atoms with Gasteiger partial charge < -0.3 is 10.4 Å². The monoisotopic (exact) mass is 250 g/mol. The minimum absolute atomic E-state index is 0.386. The molecule has 0 aliphatic heterocycles. The molecule has 18 heavy (non-hydrogen) atoms. The average molecular weight is 250 g/mol. The van der Waals surface area contributed by atoms with E-state index in [1.54, 1.807) is 6.20 Å². The zero-order valence-electron chi connectivity index (χ0n) is 11.1. The lowest BCUT2D eigenvalue weighted by molar-refractivity contribution is -0.139. The molecule has 0 bridgehead atoms. The third-order valence-electron chi connectivity index (χ3n) is 2.76. The molecule has 1 aromatic heterocycles. The molecule has 1 rings (SSSR count). The number of carboxylic acid groups (broad SMARTS) is 1. The summed E-state index contributed by atoms with van der Waals surface area (Å²) in [4.78, 5) is 15.1. The van der Waals surface area contributed by atoms with Gasteiger partial charge >= 0.3 is 5.97 Å². The highest BCUT2D eigenvalue weighted by atomic mass is 16.4. The van der Waals surface area contributed by atoms with Crippen molar-refractivity contribution in [3.05, 3.63) is 30.1 Å². The largest absolute Gasteiger partial charge is 0.480 e. The van der Waals surface area contributed by atoms with Crippen LogP contribution in [0.3, 0.4) is 0 Å². The minimum Gasteiger partial charge on any atom is -0.480 e. The van der Waals surface area contributed by atoms with Crippen LogP contribution in [0.1, 0.15) is 32.3 Å². The fourth-order valence-electron chi connectivity index (χ4n) is 1.86. The Kier molecular flexibility index (Phi) is 6.36. The molecule has 0 aliphatic carbocycles. The average Bonchev–Trinajstić information content (AvgIpc) is 2.33. The van der Waals surface area contributed by atoms with Crippen LogP contribution in [0.15, 0.2) is 24.5 Å². The lowest BCUT2D eigenvalue weighted by Crippen LogP contribution is -2.38. The molecule has 4 nitrogen and oxygen atoms in total. The Morgan fingerprint density at radius 3 is 2.83 bits per heavy atom. The third-order valence-corrected chi connectivity index (χ3v) is 2.76. The summed E-state index contributed by atoms with van der Waals surface area (Å²) in [6.07, 6.45) is 6.12. The van der Waals surface area contributed by atoms with E-state index in [4.69, 9.17) is 5.11 Å². The summed E-state index contributed by atoms with van der Waals surface area (Å²) in [5, 5.41) is 12.2. The number of carbonyl (C=O) groups is 1. The fourth-order valence-corrected chi connectivity index (χ4v) is 1.86. The molecule has 0 aliphatic rings. The molecule has 0 unspecified atom stereocenters. The Balaban J connectivity index is 2.25. The molecule has 1 atom stereocenters. The van der Waals surface area contributed by atoms with E-state index in [1.807, 2.05) is 32.2 Å².